The summed E-state index contributed by atoms with van der Waals surface area (Å²) in [4.78, 5) is 0. The maximum atomic E-state index is 6.12. The van der Waals surface area contributed by atoms with Crippen LogP contribution in [-0.4, -0.2) is 0 Å². The average Bonchev–Trinajstić information content (AvgIpc) is 2.32. The summed E-state index contributed by atoms with van der Waals surface area (Å²) < 4.78 is 0. The summed E-state index contributed by atoms with van der Waals surface area (Å²) in [5.41, 5.74) is 8.63. The molecule has 0 amide bonds. The van der Waals surface area contributed by atoms with Crippen LogP contribution in [0.3, 0.4) is 0 Å². The highest BCUT2D eigenvalue weighted by atomic mass is 35.5. The fourth-order valence-corrected chi connectivity index (χ4v) is 1.94. The largest absolute Gasteiger partial charge is 0.326 e. The molecule has 0 aliphatic rings. The van der Waals surface area contributed by atoms with Crippen molar-refractivity contribution < 1.29 is 0 Å². The summed E-state index contributed by atoms with van der Waals surface area (Å²) >= 11 is 12.1. The molecule has 2 aromatic carbocycles. The second-order valence-electron chi connectivity index (χ2n) is 3.53. The highest BCUT2D eigenvalue weighted by molar-refractivity contribution is 6.35. The molecule has 3 heteroatoms. The molecule has 0 heterocycles. The molecule has 16 heavy (non-hydrogen) atoms. The lowest BCUT2D eigenvalue weighted by molar-refractivity contribution is 1.07. The first kappa shape index (κ1) is 11.5. The normalized spacial score (nSPS) is 10.4. The van der Waals surface area contributed by atoms with Crippen LogP contribution in [0.4, 0.5) is 0 Å². The van der Waals surface area contributed by atoms with E-state index in [1.807, 2.05) is 30.3 Å². The lowest BCUT2D eigenvalue weighted by atomic mass is 10.0. The lowest BCUT2D eigenvalue weighted by Gasteiger charge is -2.06. The van der Waals surface area contributed by atoms with Gasteiger partial charge in [0.15, 0.2) is 0 Å². The van der Waals surface area contributed by atoms with E-state index >= 15 is 0 Å². The van der Waals surface area contributed by atoms with E-state index in [4.69, 9.17) is 28.9 Å². The Kier molecular flexibility index (Phi) is 3.49. The minimum absolute atomic E-state index is 0.545. The molecule has 1 nitrogen and oxygen atoms in total. The van der Waals surface area contributed by atoms with Gasteiger partial charge in [-0.15, -0.1) is 0 Å². The molecule has 0 aliphatic carbocycles. The van der Waals surface area contributed by atoms with Crippen LogP contribution in [0.2, 0.25) is 10.0 Å². The monoisotopic (exact) mass is 251 g/mol. The van der Waals surface area contributed by atoms with Gasteiger partial charge in [0.2, 0.25) is 0 Å². The molecule has 82 valence electrons. The average molecular weight is 252 g/mol. The van der Waals surface area contributed by atoms with Gasteiger partial charge in [-0.2, -0.15) is 0 Å². The van der Waals surface area contributed by atoms with Crippen molar-refractivity contribution in [3.05, 3.63) is 58.1 Å². The van der Waals surface area contributed by atoms with E-state index in [1.54, 1.807) is 12.1 Å². The van der Waals surface area contributed by atoms with E-state index < -0.39 is 0 Å². The fourth-order valence-electron chi connectivity index (χ4n) is 1.54. The van der Waals surface area contributed by atoms with Crippen LogP contribution in [0, 0.1) is 0 Å². The van der Waals surface area contributed by atoms with Crippen LogP contribution >= 0.6 is 23.2 Å². The number of rotatable bonds is 2. The zero-order valence-electron chi connectivity index (χ0n) is 8.58. The number of benzene rings is 2. The van der Waals surface area contributed by atoms with Gasteiger partial charge in [-0.3, -0.25) is 0 Å². The van der Waals surface area contributed by atoms with Gasteiger partial charge in [0, 0.05) is 22.2 Å². The molecular weight excluding hydrogens is 241 g/mol. The molecule has 0 atom stereocenters. The second-order valence-corrected chi connectivity index (χ2v) is 4.37. The van der Waals surface area contributed by atoms with Gasteiger partial charge in [0.25, 0.3) is 0 Å². The van der Waals surface area contributed by atoms with Gasteiger partial charge >= 0.3 is 0 Å². The van der Waals surface area contributed by atoms with E-state index in [0.717, 1.165) is 16.7 Å². The van der Waals surface area contributed by atoms with E-state index in [-0.39, 0.29) is 0 Å². The third-order valence-electron chi connectivity index (χ3n) is 2.43. The van der Waals surface area contributed by atoms with Crippen LogP contribution in [0.15, 0.2) is 42.5 Å². The zero-order valence-corrected chi connectivity index (χ0v) is 10.1. The van der Waals surface area contributed by atoms with Crippen molar-refractivity contribution in [2.45, 2.75) is 6.54 Å². The predicted octanol–water partition coefficient (Wildman–Crippen LogP) is 4.12. The third-order valence-corrected chi connectivity index (χ3v) is 2.99. The Labute approximate surface area is 105 Å². The highest BCUT2D eigenvalue weighted by Gasteiger charge is 2.04. The topological polar surface area (TPSA) is 26.0 Å². The van der Waals surface area contributed by atoms with Gasteiger partial charge in [0.05, 0.1) is 0 Å². The van der Waals surface area contributed by atoms with Crippen molar-refractivity contribution in [1.82, 2.24) is 0 Å². The van der Waals surface area contributed by atoms with Crippen LogP contribution in [0.5, 0.6) is 0 Å². The van der Waals surface area contributed by atoms with E-state index in [0.29, 0.717) is 16.6 Å². The van der Waals surface area contributed by atoms with Crippen molar-refractivity contribution in [3.8, 4) is 11.1 Å². The Hall–Kier alpha value is -1.02. The van der Waals surface area contributed by atoms with Gasteiger partial charge < -0.3 is 5.73 Å². The fraction of sp³-hybridized carbons (Fsp3) is 0.0769. The van der Waals surface area contributed by atoms with Crippen LogP contribution < -0.4 is 5.73 Å². The first-order valence-corrected chi connectivity index (χ1v) is 5.71. The van der Waals surface area contributed by atoms with Gasteiger partial charge in [-0.25, -0.2) is 0 Å². The van der Waals surface area contributed by atoms with Gasteiger partial charge in [0.1, 0.15) is 0 Å². The van der Waals surface area contributed by atoms with E-state index in [9.17, 15) is 0 Å². The van der Waals surface area contributed by atoms with Crippen LogP contribution in [-0.2, 0) is 6.54 Å². The molecule has 0 fully saturated rings. The van der Waals surface area contributed by atoms with Crippen LogP contribution in [0.1, 0.15) is 5.56 Å². The maximum absolute atomic E-state index is 6.12. The Balaban J connectivity index is 2.45. The quantitative estimate of drug-likeness (QED) is 0.854. The molecule has 0 aromatic heterocycles. The molecule has 2 N–H and O–H groups in total. The number of hydrogen-bond donors (Lipinski definition) is 1. The molecule has 0 saturated carbocycles. The molecule has 0 spiro atoms. The highest BCUT2D eigenvalue weighted by Crippen LogP contribution is 2.30. The maximum Gasteiger partial charge on any atom is 0.0485 e. The summed E-state index contributed by atoms with van der Waals surface area (Å²) in [6.45, 7) is 0.545. The molecule has 2 rings (SSSR count). The van der Waals surface area contributed by atoms with Crippen molar-refractivity contribution in [2.75, 3.05) is 0 Å². The predicted molar refractivity (Wildman–Crippen MR) is 69.8 cm³/mol. The summed E-state index contributed by atoms with van der Waals surface area (Å²) in [5.74, 6) is 0. The zero-order chi connectivity index (χ0) is 11.5. The minimum atomic E-state index is 0.545. The summed E-state index contributed by atoms with van der Waals surface area (Å²) in [5, 5.41) is 1.38. The summed E-state index contributed by atoms with van der Waals surface area (Å²) in [6, 6.07) is 13.4. The number of hydrogen-bond acceptors (Lipinski definition) is 1. The first-order chi connectivity index (χ1) is 7.70. The number of halogens is 2. The molecule has 0 radical (unpaired) electrons. The third kappa shape index (κ3) is 2.38. The second kappa shape index (κ2) is 4.88. The van der Waals surface area contributed by atoms with E-state index in [1.165, 1.54) is 0 Å². The minimum Gasteiger partial charge on any atom is -0.326 e. The Morgan fingerprint density at radius 3 is 2.25 bits per heavy atom. The van der Waals surface area contributed by atoms with Crippen LogP contribution in [0.25, 0.3) is 11.1 Å². The Morgan fingerprint density at radius 2 is 1.62 bits per heavy atom. The Bertz CT molecular complexity index is 492. The van der Waals surface area contributed by atoms with Crippen molar-refractivity contribution >= 4 is 23.2 Å². The molecule has 0 aliphatic heterocycles. The van der Waals surface area contributed by atoms with Gasteiger partial charge in [-0.1, -0.05) is 47.5 Å². The summed E-state index contributed by atoms with van der Waals surface area (Å²) in [7, 11) is 0. The molecule has 0 bridgehead atoms. The number of nitrogens with two attached hydrogens (primary N) is 1. The molecule has 0 unspecified atom stereocenters. The smallest absolute Gasteiger partial charge is 0.0485 e. The first-order valence-electron chi connectivity index (χ1n) is 4.95. The molecule has 2 aromatic rings. The van der Waals surface area contributed by atoms with Gasteiger partial charge in [-0.05, 0) is 29.3 Å². The lowest BCUT2D eigenvalue weighted by Crippen LogP contribution is -1.95. The Morgan fingerprint density at radius 1 is 0.938 bits per heavy atom. The van der Waals surface area contributed by atoms with Crippen molar-refractivity contribution in [2.24, 2.45) is 5.73 Å². The molecular formula is C13H11Cl2N. The molecule has 0 saturated heterocycles. The van der Waals surface area contributed by atoms with Crippen molar-refractivity contribution in [3.63, 3.8) is 0 Å². The standard InChI is InChI=1S/C13H11Cl2N/c14-11-5-6-13(15)12(7-11)10-3-1-9(8-16)2-4-10/h1-7H,8,16H2. The van der Waals surface area contributed by atoms with Crippen molar-refractivity contribution in [1.29, 1.82) is 0 Å². The SMILES string of the molecule is NCc1ccc(-c2cc(Cl)ccc2Cl)cc1. The van der Waals surface area contributed by atoms with E-state index in [2.05, 4.69) is 0 Å². The summed E-state index contributed by atoms with van der Waals surface area (Å²) in [6.07, 6.45) is 0.